The Morgan fingerprint density at radius 2 is 1.88 bits per heavy atom. The van der Waals surface area contributed by atoms with Crippen LogP contribution in [0.25, 0.3) is 6.08 Å². The van der Waals surface area contributed by atoms with Crippen LogP contribution in [-0.4, -0.2) is 46.7 Å². The van der Waals surface area contributed by atoms with Gasteiger partial charge in [-0.15, -0.1) is 0 Å². The fourth-order valence-corrected chi connectivity index (χ4v) is 2.70. The molecule has 0 spiro atoms. The summed E-state index contributed by atoms with van der Waals surface area (Å²) in [7, 11) is 0. The van der Waals surface area contributed by atoms with E-state index >= 15 is 0 Å². The predicted molar refractivity (Wildman–Crippen MR) is 83.0 cm³/mol. The van der Waals surface area contributed by atoms with Gasteiger partial charge in [0.1, 0.15) is 0 Å². The Morgan fingerprint density at radius 1 is 1.21 bits per heavy atom. The van der Waals surface area contributed by atoms with Gasteiger partial charge in [0.2, 0.25) is 5.91 Å². The van der Waals surface area contributed by atoms with Gasteiger partial charge >= 0.3 is 5.97 Å². The van der Waals surface area contributed by atoms with Gasteiger partial charge in [-0.2, -0.15) is 0 Å². The molecule has 7 heteroatoms. The van der Waals surface area contributed by atoms with Crippen LogP contribution in [0.3, 0.4) is 0 Å². The monoisotopic (exact) mass is 339 g/mol. The van der Waals surface area contributed by atoms with Crippen molar-refractivity contribution in [3.05, 3.63) is 41.0 Å². The van der Waals surface area contributed by atoms with Gasteiger partial charge in [-0.1, -0.05) is 17.7 Å². The second-order valence-corrected chi connectivity index (χ2v) is 5.78. The van der Waals surface area contributed by atoms with Crippen molar-refractivity contribution < 1.29 is 28.6 Å². The van der Waals surface area contributed by atoms with Crippen molar-refractivity contribution in [2.45, 2.75) is 19.3 Å². The summed E-state index contributed by atoms with van der Waals surface area (Å²) < 4.78 is 26.1. The molecule has 2 rings (SSSR count). The molecule has 0 saturated carbocycles. The molecule has 0 aliphatic carbocycles. The van der Waals surface area contributed by atoms with E-state index in [1.165, 1.54) is 11.0 Å². The Kier molecular flexibility index (Phi) is 6.03. The molecule has 1 aliphatic rings. The maximum absolute atomic E-state index is 13.2. The third-order valence-corrected chi connectivity index (χ3v) is 4.02. The van der Waals surface area contributed by atoms with Crippen LogP contribution in [0, 0.1) is 17.6 Å². The third kappa shape index (κ3) is 4.61. The van der Waals surface area contributed by atoms with Crippen molar-refractivity contribution in [3.63, 3.8) is 0 Å². The lowest BCUT2D eigenvalue weighted by atomic mass is 9.98. The van der Waals surface area contributed by atoms with E-state index in [1.54, 1.807) is 6.08 Å². The number of hydrogen-bond donors (Lipinski definition) is 2. The molecule has 5 nitrogen and oxygen atoms in total. The second kappa shape index (κ2) is 8.01. The summed E-state index contributed by atoms with van der Waals surface area (Å²) in [5, 5.41) is 17.9. The van der Waals surface area contributed by atoms with Crippen molar-refractivity contribution in [2.24, 2.45) is 5.92 Å². The molecule has 24 heavy (non-hydrogen) atoms. The average molecular weight is 339 g/mol. The van der Waals surface area contributed by atoms with Gasteiger partial charge in [-0.05, 0) is 30.5 Å². The minimum absolute atomic E-state index is 0.369. The molecule has 1 aliphatic heterocycles. The summed E-state index contributed by atoms with van der Waals surface area (Å²) in [4.78, 5) is 24.5. The van der Waals surface area contributed by atoms with Crippen molar-refractivity contribution in [2.75, 3.05) is 19.7 Å². The number of hydrogen-bond acceptors (Lipinski definition) is 3. The normalized spacial score (nSPS) is 16.0. The van der Waals surface area contributed by atoms with E-state index in [9.17, 15) is 23.5 Å². The molecule has 0 radical (unpaired) electrons. The maximum atomic E-state index is 13.2. The van der Waals surface area contributed by atoms with E-state index in [0.29, 0.717) is 31.5 Å². The number of piperidine rings is 1. The fourth-order valence-electron chi connectivity index (χ4n) is 2.70. The van der Waals surface area contributed by atoms with E-state index in [0.717, 1.165) is 17.7 Å². The number of carboxylic acid groups (broad SMARTS) is 1. The summed E-state index contributed by atoms with van der Waals surface area (Å²) in [5.41, 5.74) is 1.56. The van der Waals surface area contributed by atoms with E-state index in [1.807, 2.05) is 0 Å². The first-order valence-electron chi connectivity index (χ1n) is 7.66. The number of likely N-dealkylation sites (tertiary alicyclic amines) is 1. The van der Waals surface area contributed by atoms with Gasteiger partial charge in [0.15, 0.2) is 11.6 Å². The molecular formula is C17H19F2NO4. The number of carboxylic acids is 1. The highest BCUT2D eigenvalue weighted by Gasteiger charge is 2.27. The number of aliphatic hydroxyl groups is 1. The Labute approximate surface area is 138 Å². The molecule has 1 aromatic carbocycles. The Morgan fingerprint density at radius 3 is 2.42 bits per heavy atom. The molecule has 0 aromatic heterocycles. The molecule has 1 heterocycles. The first-order valence-corrected chi connectivity index (χ1v) is 7.66. The number of nitrogens with zero attached hydrogens (tertiary/aromatic N) is 1. The first kappa shape index (κ1) is 18.1. The minimum atomic E-state index is -1.13. The van der Waals surface area contributed by atoms with Crippen molar-refractivity contribution in [3.8, 4) is 0 Å². The number of amides is 1. The van der Waals surface area contributed by atoms with Gasteiger partial charge < -0.3 is 15.1 Å². The van der Waals surface area contributed by atoms with Crippen LogP contribution >= 0.6 is 0 Å². The topological polar surface area (TPSA) is 77.8 Å². The van der Waals surface area contributed by atoms with Crippen LogP contribution in [-0.2, 0) is 9.59 Å². The van der Waals surface area contributed by atoms with Gasteiger partial charge in [0, 0.05) is 13.1 Å². The zero-order valence-electron chi connectivity index (χ0n) is 13.0. The highest BCUT2D eigenvalue weighted by atomic mass is 19.2. The van der Waals surface area contributed by atoms with Crippen LogP contribution in [0.5, 0.6) is 0 Å². The Balaban J connectivity index is 1.97. The highest BCUT2D eigenvalue weighted by molar-refractivity contribution is 5.83. The number of benzene rings is 1. The van der Waals surface area contributed by atoms with Crippen LogP contribution in [0.4, 0.5) is 8.78 Å². The van der Waals surface area contributed by atoms with Crippen LogP contribution in [0.15, 0.2) is 23.8 Å². The van der Waals surface area contributed by atoms with Gasteiger partial charge in [-0.25, -0.2) is 8.78 Å². The number of carbonyl (C=O) groups is 2. The van der Waals surface area contributed by atoms with Crippen LogP contribution < -0.4 is 0 Å². The molecule has 130 valence electrons. The van der Waals surface area contributed by atoms with Crippen molar-refractivity contribution >= 4 is 18.0 Å². The zero-order chi connectivity index (χ0) is 17.7. The molecule has 2 N–H and O–H groups in total. The summed E-state index contributed by atoms with van der Waals surface area (Å²) in [6, 6.07) is 3.67. The lowest BCUT2D eigenvalue weighted by Gasteiger charge is -2.31. The zero-order valence-corrected chi connectivity index (χ0v) is 13.0. The second-order valence-electron chi connectivity index (χ2n) is 5.78. The Bertz CT molecular complexity index is 650. The summed E-state index contributed by atoms with van der Waals surface area (Å²) in [5.74, 6) is -4.23. The molecule has 1 aromatic rings. The predicted octanol–water partition coefficient (Wildman–Crippen LogP) is 2.05. The summed E-state index contributed by atoms with van der Waals surface area (Å²) in [6.45, 7) is 0.314. The number of rotatable bonds is 5. The highest BCUT2D eigenvalue weighted by Crippen LogP contribution is 2.22. The number of carbonyl (C=O) groups excluding carboxylic acids is 1. The van der Waals surface area contributed by atoms with E-state index in [4.69, 9.17) is 5.11 Å². The smallest absolute Gasteiger partial charge is 0.304 e. The molecule has 1 fully saturated rings. The number of halogens is 2. The average Bonchev–Trinajstić information content (AvgIpc) is 2.56. The summed E-state index contributed by atoms with van der Waals surface area (Å²) >= 11 is 0. The summed E-state index contributed by atoms with van der Waals surface area (Å²) in [6.07, 6.45) is 2.50. The molecule has 1 atom stereocenters. The largest absolute Gasteiger partial charge is 0.481 e. The molecule has 1 unspecified atom stereocenters. The lowest BCUT2D eigenvalue weighted by Crippen LogP contribution is -2.41. The lowest BCUT2D eigenvalue weighted by molar-refractivity contribution is -0.146. The van der Waals surface area contributed by atoms with E-state index in [-0.39, 0.29) is 5.91 Å². The van der Waals surface area contributed by atoms with E-state index < -0.39 is 36.5 Å². The molecule has 1 amide bonds. The van der Waals surface area contributed by atoms with Gasteiger partial charge in [-0.3, -0.25) is 9.59 Å². The SMILES string of the molecule is O=C(O)CC(CO)C(=O)N1CCC(=Cc2ccc(F)c(F)c2)CC1. The number of aliphatic hydroxyl groups excluding tert-OH is 1. The van der Waals surface area contributed by atoms with Crippen molar-refractivity contribution in [1.82, 2.24) is 4.90 Å². The molecular weight excluding hydrogens is 320 g/mol. The van der Waals surface area contributed by atoms with Gasteiger partial charge in [0.05, 0.1) is 18.9 Å². The Hall–Kier alpha value is -2.28. The van der Waals surface area contributed by atoms with Crippen molar-refractivity contribution in [1.29, 1.82) is 0 Å². The van der Waals surface area contributed by atoms with Gasteiger partial charge in [0.25, 0.3) is 0 Å². The van der Waals surface area contributed by atoms with Crippen LogP contribution in [0.2, 0.25) is 0 Å². The minimum Gasteiger partial charge on any atom is -0.481 e. The molecule has 1 saturated heterocycles. The maximum Gasteiger partial charge on any atom is 0.304 e. The quantitative estimate of drug-likeness (QED) is 0.861. The first-order chi connectivity index (χ1) is 11.4. The number of aliphatic carboxylic acids is 1. The van der Waals surface area contributed by atoms with E-state index in [2.05, 4.69) is 0 Å². The fraction of sp³-hybridized carbons (Fsp3) is 0.412. The van der Waals surface area contributed by atoms with Crippen LogP contribution in [0.1, 0.15) is 24.8 Å². The standard InChI is InChI=1S/C17H19F2NO4/c18-14-2-1-12(8-15(14)19)7-11-3-5-20(6-4-11)17(24)13(10-21)9-16(22)23/h1-2,7-8,13,21H,3-6,9-10H2,(H,22,23). The third-order valence-electron chi connectivity index (χ3n) is 4.02. The molecule has 0 bridgehead atoms.